The van der Waals surface area contributed by atoms with Crippen molar-refractivity contribution in [2.24, 2.45) is 5.92 Å². The van der Waals surface area contributed by atoms with Gasteiger partial charge in [-0.2, -0.15) is 0 Å². The first kappa shape index (κ1) is 30.8. The molecule has 3 heterocycles. The van der Waals surface area contributed by atoms with Crippen molar-refractivity contribution in [1.29, 1.82) is 0 Å². The van der Waals surface area contributed by atoms with Crippen LogP contribution in [-0.4, -0.2) is 108 Å². The summed E-state index contributed by atoms with van der Waals surface area (Å²) in [6, 6.07) is 5.42. The largest absolute Gasteiger partial charge is 0.508 e. The number of fused-ring (bicyclic) bond motifs is 1. The number of hydrogen-bond acceptors (Lipinski definition) is 15. The fourth-order valence-corrected chi connectivity index (χ4v) is 5.04. The standard InChI is InChI=1S/C28H32O15/c1-9-17(8-39-27-24(38)22(36)20(34)10(2)40-27)42-28(23(37)19(9)33)43-26-21(35)18-15(32)6-12(29)7-16(18)41-25(26)11-3-4-13(30)14(31)5-11/h3-7,9-10,17,19-20,22-24,27-34,36-38H,8H2,1-2H3/t9-,10?,17?,19?,20+,22?,23?,24+,27-,28+/m1/s1. The lowest BCUT2D eigenvalue weighted by atomic mass is 9.91. The SMILES string of the molecule is CC1O[C@@H](OCC2O[C@@H](Oc3c(-c4ccc(O)c(O)c4)oc4cc(O)cc(O)c4c3=O)C(O)C(O)[C@@H]2C)[C@@H](O)C(O)[C@H]1O. The summed E-state index contributed by atoms with van der Waals surface area (Å²) in [7, 11) is 0. The first-order valence-corrected chi connectivity index (χ1v) is 13.3. The molecule has 2 fully saturated rings. The Hall–Kier alpha value is -3.67. The van der Waals surface area contributed by atoms with Crippen molar-refractivity contribution < 1.29 is 69.3 Å². The zero-order valence-electron chi connectivity index (χ0n) is 22.8. The number of rotatable bonds is 6. The predicted octanol–water partition coefficient (Wildman–Crippen LogP) is -0.412. The molecule has 0 spiro atoms. The third-order valence-corrected chi connectivity index (χ3v) is 7.69. The number of aromatic hydroxyl groups is 4. The van der Waals surface area contributed by atoms with Crippen molar-refractivity contribution >= 4 is 11.0 Å². The van der Waals surface area contributed by atoms with Crippen LogP contribution in [0.3, 0.4) is 0 Å². The van der Waals surface area contributed by atoms with Gasteiger partial charge in [0.15, 0.2) is 23.5 Å². The van der Waals surface area contributed by atoms with Crippen LogP contribution in [0.2, 0.25) is 0 Å². The first-order valence-electron chi connectivity index (χ1n) is 13.3. The fraction of sp³-hybridized carbons (Fsp3) is 0.464. The highest BCUT2D eigenvalue weighted by atomic mass is 16.7. The van der Waals surface area contributed by atoms with Crippen LogP contribution in [0.5, 0.6) is 28.7 Å². The van der Waals surface area contributed by atoms with Crippen LogP contribution in [0.25, 0.3) is 22.3 Å². The van der Waals surface area contributed by atoms with E-state index in [2.05, 4.69) is 0 Å². The van der Waals surface area contributed by atoms with Crippen LogP contribution in [0, 0.1) is 5.92 Å². The molecule has 1 aromatic heterocycles. The van der Waals surface area contributed by atoms with Gasteiger partial charge in [-0.15, -0.1) is 0 Å². The number of phenolic OH excluding ortho intramolecular Hbond substituents is 4. The Labute approximate surface area is 242 Å². The molecule has 3 aromatic rings. The quantitative estimate of drug-likeness (QED) is 0.161. The Kier molecular flexibility index (Phi) is 8.43. The molecule has 15 heteroatoms. The van der Waals surface area contributed by atoms with Gasteiger partial charge in [-0.1, -0.05) is 6.92 Å². The monoisotopic (exact) mass is 608 g/mol. The molecule has 2 aliphatic heterocycles. The zero-order chi connectivity index (χ0) is 31.3. The molecule has 9 N–H and O–H groups in total. The zero-order valence-corrected chi connectivity index (χ0v) is 22.8. The molecule has 0 saturated carbocycles. The van der Waals surface area contributed by atoms with E-state index in [1.54, 1.807) is 0 Å². The Bertz CT molecular complexity index is 1540. The number of aliphatic hydroxyl groups excluding tert-OH is 5. The second-order valence-corrected chi connectivity index (χ2v) is 10.6. The van der Waals surface area contributed by atoms with Crippen LogP contribution >= 0.6 is 0 Å². The summed E-state index contributed by atoms with van der Waals surface area (Å²) in [6.07, 6.45) is -12.7. The van der Waals surface area contributed by atoms with E-state index in [1.165, 1.54) is 19.9 Å². The number of ether oxygens (including phenoxy) is 4. The van der Waals surface area contributed by atoms with Gasteiger partial charge in [-0.3, -0.25) is 4.79 Å². The van der Waals surface area contributed by atoms with Gasteiger partial charge in [0.25, 0.3) is 0 Å². The van der Waals surface area contributed by atoms with Gasteiger partial charge in [0.05, 0.1) is 24.9 Å². The molecule has 43 heavy (non-hydrogen) atoms. The number of aliphatic hydroxyl groups is 5. The van der Waals surface area contributed by atoms with E-state index < -0.39 is 101 Å². The molecule has 0 bridgehead atoms. The van der Waals surface area contributed by atoms with Crippen LogP contribution in [0.15, 0.2) is 39.5 Å². The van der Waals surface area contributed by atoms with E-state index in [-0.39, 0.29) is 23.5 Å². The Morgan fingerprint density at radius 2 is 1.47 bits per heavy atom. The highest BCUT2D eigenvalue weighted by molar-refractivity contribution is 5.88. The molecule has 0 amide bonds. The van der Waals surface area contributed by atoms with Gasteiger partial charge in [0.1, 0.15) is 46.9 Å². The summed E-state index contributed by atoms with van der Waals surface area (Å²) < 4.78 is 28.5. The highest BCUT2D eigenvalue weighted by Crippen LogP contribution is 2.39. The Morgan fingerprint density at radius 1 is 0.767 bits per heavy atom. The van der Waals surface area contributed by atoms with Gasteiger partial charge in [-0.05, 0) is 25.1 Å². The molecule has 2 saturated heterocycles. The van der Waals surface area contributed by atoms with Crippen LogP contribution < -0.4 is 10.2 Å². The maximum absolute atomic E-state index is 13.6. The molecule has 5 unspecified atom stereocenters. The molecular weight excluding hydrogens is 576 g/mol. The van der Waals surface area contributed by atoms with Crippen molar-refractivity contribution in [1.82, 2.24) is 0 Å². The Balaban J connectivity index is 1.48. The van der Waals surface area contributed by atoms with E-state index in [4.69, 9.17) is 23.4 Å². The summed E-state index contributed by atoms with van der Waals surface area (Å²) in [4.78, 5) is 13.6. The molecule has 0 aliphatic carbocycles. The molecule has 0 radical (unpaired) electrons. The third-order valence-electron chi connectivity index (χ3n) is 7.69. The smallest absolute Gasteiger partial charge is 0.239 e. The maximum atomic E-state index is 13.6. The molecule has 5 rings (SSSR count). The average molecular weight is 609 g/mol. The summed E-state index contributed by atoms with van der Waals surface area (Å²) in [5.41, 5.74) is -1.20. The van der Waals surface area contributed by atoms with Crippen LogP contribution in [0.4, 0.5) is 0 Å². The molecule has 2 aliphatic rings. The highest BCUT2D eigenvalue weighted by Gasteiger charge is 2.46. The van der Waals surface area contributed by atoms with Crippen molar-refractivity contribution in [3.8, 4) is 40.1 Å². The lowest BCUT2D eigenvalue weighted by molar-refractivity contribution is -0.313. The van der Waals surface area contributed by atoms with Crippen molar-refractivity contribution in [2.45, 2.75) is 69.2 Å². The number of hydrogen-bond donors (Lipinski definition) is 9. The molecular formula is C28H32O15. The van der Waals surface area contributed by atoms with E-state index in [1.807, 2.05) is 0 Å². The summed E-state index contributed by atoms with van der Waals surface area (Å²) >= 11 is 0. The number of benzene rings is 2. The molecule has 15 nitrogen and oxygen atoms in total. The average Bonchev–Trinajstić information content (AvgIpc) is 2.96. The fourth-order valence-electron chi connectivity index (χ4n) is 5.04. The second-order valence-electron chi connectivity index (χ2n) is 10.6. The minimum absolute atomic E-state index is 0.0181. The van der Waals surface area contributed by atoms with Crippen molar-refractivity contribution in [2.75, 3.05) is 6.61 Å². The van der Waals surface area contributed by atoms with Crippen molar-refractivity contribution in [3.05, 3.63) is 40.6 Å². The van der Waals surface area contributed by atoms with Gasteiger partial charge in [0, 0.05) is 23.6 Å². The van der Waals surface area contributed by atoms with E-state index in [0.29, 0.717) is 0 Å². The Morgan fingerprint density at radius 3 is 2.16 bits per heavy atom. The second kappa shape index (κ2) is 11.8. The lowest BCUT2D eigenvalue weighted by Gasteiger charge is -2.43. The first-order chi connectivity index (χ1) is 20.3. The minimum atomic E-state index is -1.73. The lowest BCUT2D eigenvalue weighted by Crippen LogP contribution is -2.59. The van der Waals surface area contributed by atoms with E-state index in [9.17, 15) is 50.8 Å². The van der Waals surface area contributed by atoms with Crippen LogP contribution in [0.1, 0.15) is 13.8 Å². The predicted molar refractivity (Wildman–Crippen MR) is 143 cm³/mol. The normalized spacial score (nSPS) is 33.0. The molecule has 10 atom stereocenters. The molecule has 2 aromatic carbocycles. The summed E-state index contributed by atoms with van der Waals surface area (Å²) in [5.74, 6) is -3.84. The minimum Gasteiger partial charge on any atom is -0.508 e. The third kappa shape index (κ3) is 5.69. The summed E-state index contributed by atoms with van der Waals surface area (Å²) in [5, 5.41) is 91.6. The molecule has 234 valence electrons. The van der Waals surface area contributed by atoms with Gasteiger partial charge in [-0.25, -0.2) is 0 Å². The maximum Gasteiger partial charge on any atom is 0.239 e. The number of phenols is 4. The topological polar surface area (TPSA) is 249 Å². The van der Waals surface area contributed by atoms with E-state index >= 15 is 0 Å². The van der Waals surface area contributed by atoms with Crippen LogP contribution in [-0.2, 0) is 14.2 Å². The van der Waals surface area contributed by atoms with E-state index in [0.717, 1.165) is 24.3 Å². The van der Waals surface area contributed by atoms with Gasteiger partial charge in [0.2, 0.25) is 17.5 Å². The van der Waals surface area contributed by atoms with Crippen molar-refractivity contribution in [3.63, 3.8) is 0 Å². The summed E-state index contributed by atoms with van der Waals surface area (Å²) in [6.45, 7) is 2.66. The van der Waals surface area contributed by atoms with Gasteiger partial charge >= 0.3 is 0 Å². The van der Waals surface area contributed by atoms with Gasteiger partial charge < -0.3 is 69.3 Å².